The van der Waals surface area contributed by atoms with Crippen molar-refractivity contribution in [2.75, 3.05) is 6.61 Å². The van der Waals surface area contributed by atoms with E-state index in [1.54, 1.807) is 12.1 Å². The highest BCUT2D eigenvalue weighted by atomic mass is 16.5. The van der Waals surface area contributed by atoms with Gasteiger partial charge >= 0.3 is 0 Å². The zero-order valence-corrected chi connectivity index (χ0v) is 8.16. The monoisotopic (exact) mass is 191 g/mol. The predicted octanol–water partition coefficient (Wildman–Crippen LogP) is 2.44. The average Bonchev–Trinajstić information content (AvgIpc) is 2.21. The Bertz CT molecular complexity index is 342. The number of unbranched alkanes of at least 4 members (excludes halogenated alkanes) is 1. The minimum Gasteiger partial charge on any atom is -0.504 e. The summed E-state index contributed by atoms with van der Waals surface area (Å²) < 4.78 is 5.32. The van der Waals surface area contributed by atoms with Crippen molar-refractivity contribution in [1.82, 2.24) is 0 Å². The predicted molar refractivity (Wildman–Crippen MR) is 53.2 cm³/mol. The van der Waals surface area contributed by atoms with Crippen LogP contribution in [-0.2, 0) is 0 Å². The van der Waals surface area contributed by atoms with E-state index in [9.17, 15) is 5.11 Å². The van der Waals surface area contributed by atoms with Gasteiger partial charge in [0.1, 0.15) is 0 Å². The number of hydrogen-bond donors (Lipinski definition) is 1. The van der Waals surface area contributed by atoms with Crippen molar-refractivity contribution in [2.45, 2.75) is 19.8 Å². The lowest BCUT2D eigenvalue weighted by atomic mass is 10.2. The van der Waals surface area contributed by atoms with Crippen molar-refractivity contribution in [1.29, 1.82) is 5.26 Å². The standard InChI is InChI=1S/C11H13NO2/c1-2-3-6-14-11-7-9(8-12)4-5-10(11)13/h4-5,7,13H,2-3,6H2,1H3. The molecule has 0 aliphatic carbocycles. The van der Waals surface area contributed by atoms with Crippen LogP contribution in [0, 0.1) is 11.3 Å². The summed E-state index contributed by atoms with van der Waals surface area (Å²) in [6.45, 7) is 2.63. The molecule has 0 fully saturated rings. The van der Waals surface area contributed by atoms with E-state index >= 15 is 0 Å². The maximum absolute atomic E-state index is 9.40. The Morgan fingerprint density at radius 3 is 2.93 bits per heavy atom. The molecule has 1 aromatic rings. The molecule has 0 aromatic heterocycles. The number of phenolic OH excluding ortho intramolecular Hbond substituents is 1. The molecule has 3 heteroatoms. The second-order valence-corrected chi connectivity index (χ2v) is 3.00. The normalized spacial score (nSPS) is 9.43. The van der Waals surface area contributed by atoms with Crippen molar-refractivity contribution in [2.24, 2.45) is 0 Å². The highest BCUT2D eigenvalue weighted by Gasteiger charge is 2.02. The first-order chi connectivity index (χ1) is 6.77. The Hall–Kier alpha value is -1.69. The number of nitrogens with zero attached hydrogens (tertiary/aromatic N) is 1. The summed E-state index contributed by atoms with van der Waals surface area (Å²) in [5, 5.41) is 18.0. The quantitative estimate of drug-likeness (QED) is 0.743. The Kier molecular flexibility index (Phi) is 3.81. The van der Waals surface area contributed by atoms with Gasteiger partial charge in [-0.15, -0.1) is 0 Å². The largest absolute Gasteiger partial charge is 0.504 e. The van der Waals surface area contributed by atoms with E-state index < -0.39 is 0 Å². The average molecular weight is 191 g/mol. The number of rotatable bonds is 4. The van der Waals surface area contributed by atoms with Crippen LogP contribution >= 0.6 is 0 Å². The van der Waals surface area contributed by atoms with Crippen LogP contribution in [0.2, 0.25) is 0 Å². The van der Waals surface area contributed by atoms with E-state index in [2.05, 4.69) is 6.92 Å². The van der Waals surface area contributed by atoms with Gasteiger partial charge in [0.2, 0.25) is 0 Å². The molecule has 74 valence electrons. The lowest BCUT2D eigenvalue weighted by Crippen LogP contribution is -1.96. The zero-order valence-electron chi connectivity index (χ0n) is 8.16. The summed E-state index contributed by atoms with van der Waals surface area (Å²) in [6, 6.07) is 6.57. The van der Waals surface area contributed by atoms with Crippen LogP contribution in [0.25, 0.3) is 0 Å². The van der Waals surface area contributed by atoms with Gasteiger partial charge < -0.3 is 9.84 Å². The number of hydrogen-bond acceptors (Lipinski definition) is 3. The fourth-order valence-electron chi connectivity index (χ4n) is 1.03. The molecule has 0 bridgehead atoms. The fourth-order valence-corrected chi connectivity index (χ4v) is 1.03. The van der Waals surface area contributed by atoms with Gasteiger partial charge in [-0.1, -0.05) is 13.3 Å². The van der Waals surface area contributed by atoms with Gasteiger partial charge in [-0.2, -0.15) is 5.26 Å². The topological polar surface area (TPSA) is 53.2 Å². The maximum Gasteiger partial charge on any atom is 0.162 e. The minimum atomic E-state index is 0.0834. The number of aromatic hydroxyl groups is 1. The van der Waals surface area contributed by atoms with Crippen LogP contribution in [0.15, 0.2) is 18.2 Å². The molecule has 1 aromatic carbocycles. The second kappa shape index (κ2) is 5.13. The van der Waals surface area contributed by atoms with E-state index in [0.717, 1.165) is 12.8 Å². The van der Waals surface area contributed by atoms with Crippen LogP contribution in [0.5, 0.6) is 11.5 Å². The Balaban J connectivity index is 2.70. The van der Waals surface area contributed by atoms with Gasteiger partial charge in [-0.25, -0.2) is 0 Å². The molecule has 0 spiro atoms. The molecular formula is C11H13NO2. The molecule has 0 saturated carbocycles. The minimum absolute atomic E-state index is 0.0834. The van der Waals surface area contributed by atoms with Gasteiger partial charge in [0.15, 0.2) is 11.5 Å². The molecular weight excluding hydrogens is 178 g/mol. The summed E-state index contributed by atoms with van der Waals surface area (Å²) in [4.78, 5) is 0. The number of ether oxygens (including phenoxy) is 1. The molecule has 0 atom stereocenters. The Morgan fingerprint density at radius 2 is 2.29 bits per heavy atom. The van der Waals surface area contributed by atoms with Crippen LogP contribution in [-0.4, -0.2) is 11.7 Å². The summed E-state index contributed by atoms with van der Waals surface area (Å²) >= 11 is 0. The third kappa shape index (κ3) is 2.67. The molecule has 1 rings (SSSR count). The van der Waals surface area contributed by atoms with E-state index in [1.807, 2.05) is 6.07 Å². The third-order valence-corrected chi connectivity index (χ3v) is 1.84. The Morgan fingerprint density at radius 1 is 1.50 bits per heavy atom. The van der Waals surface area contributed by atoms with Crippen molar-refractivity contribution in [3.63, 3.8) is 0 Å². The first-order valence-corrected chi connectivity index (χ1v) is 4.64. The van der Waals surface area contributed by atoms with Crippen molar-refractivity contribution in [3.8, 4) is 17.6 Å². The molecule has 0 amide bonds. The lowest BCUT2D eigenvalue weighted by Gasteiger charge is -2.06. The van der Waals surface area contributed by atoms with Crippen molar-refractivity contribution < 1.29 is 9.84 Å². The third-order valence-electron chi connectivity index (χ3n) is 1.84. The molecule has 1 N–H and O–H groups in total. The van der Waals surface area contributed by atoms with Gasteiger partial charge in [0, 0.05) is 6.07 Å². The first kappa shape index (κ1) is 10.4. The first-order valence-electron chi connectivity index (χ1n) is 4.64. The molecule has 0 heterocycles. The number of benzene rings is 1. The van der Waals surface area contributed by atoms with Gasteiger partial charge in [-0.05, 0) is 18.6 Å². The van der Waals surface area contributed by atoms with Crippen LogP contribution in [0.1, 0.15) is 25.3 Å². The van der Waals surface area contributed by atoms with Crippen LogP contribution in [0.4, 0.5) is 0 Å². The van der Waals surface area contributed by atoms with Crippen LogP contribution in [0.3, 0.4) is 0 Å². The second-order valence-electron chi connectivity index (χ2n) is 3.00. The molecule has 0 aliphatic heterocycles. The number of phenols is 1. The summed E-state index contributed by atoms with van der Waals surface area (Å²) in [6.07, 6.45) is 1.98. The molecule has 14 heavy (non-hydrogen) atoms. The summed E-state index contributed by atoms with van der Waals surface area (Å²) in [7, 11) is 0. The smallest absolute Gasteiger partial charge is 0.162 e. The summed E-state index contributed by atoms with van der Waals surface area (Å²) in [5.41, 5.74) is 0.495. The number of nitriles is 1. The maximum atomic E-state index is 9.40. The van der Waals surface area contributed by atoms with Crippen molar-refractivity contribution in [3.05, 3.63) is 23.8 Å². The zero-order chi connectivity index (χ0) is 10.4. The highest BCUT2D eigenvalue weighted by Crippen LogP contribution is 2.26. The van der Waals surface area contributed by atoms with E-state index in [1.165, 1.54) is 6.07 Å². The lowest BCUT2D eigenvalue weighted by molar-refractivity contribution is 0.293. The molecule has 3 nitrogen and oxygen atoms in total. The Labute approximate surface area is 83.6 Å². The van der Waals surface area contributed by atoms with E-state index in [-0.39, 0.29) is 5.75 Å². The SMILES string of the molecule is CCCCOc1cc(C#N)ccc1O. The highest BCUT2D eigenvalue weighted by molar-refractivity contribution is 5.45. The molecule has 0 aliphatic rings. The molecule has 0 radical (unpaired) electrons. The van der Waals surface area contributed by atoms with E-state index in [0.29, 0.717) is 17.9 Å². The van der Waals surface area contributed by atoms with Gasteiger partial charge in [-0.3, -0.25) is 0 Å². The van der Waals surface area contributed by atoms with E-state index in [4.69, 9.17) is 10.00 Å². The van der Waals surface area contributed by atoms with Gasteiger partial charge in [0.05, 0.1) is 18.2 Å². The molecule has 0 saturated heterocycles. The van der Waals surface area contributed by atoms with Gasteiger partial charge in [0.25, 0.3) is 0 Å². The molecule has 0 unspecified atom stereocenters. The summed E-state index contributed by atoms with van der Waals surface area (Å²) in [5.74, 6) is 0.470. The van der Waals surface area contributed by atoms with Crippen molar-refractivity contribution >= 4 is 0 Å². The van der Waals surface area contributed by atoms with Crippen LogP contribution < -0.4 is 4.74 Å². The fraction of sp³-hybridized carbons (Fsp3) is 0.364.